The van der Waals surface area contributed by atoms with E-state index in [1.807, 2.05) is 43.3 Å². The van der Waals surface area contributed by atoms with Crippen LogP contribution >= 0.6 is 44.1 Å². The van der Waals surface area contributed by atoms with Crippen molar-refractivity contribution in [3.8, 4) is 11.5 Å². The normalized spacial score (nSPS) is 15.1. The molecule has 0 unspecified atom stereocenters. The molecule has 0 N–H and O–H groups in total. The van der Waals surface area contributed by atoms with Crippen molar-refractivity contribution in [2.24, 2.45) is 0 Å². The molecule has 0 aromatic heterocycles. The van der Waals surface area contributed by atoms with E-state index in [-0.39, 0.29) is 5.91 Å². The summed E-state index contributed by atoms with van der Waals surface area (Å²) in [5.74, 6) is 1.23. The number of carbonyl (C=O) groups excluding carboxylic acids is 1. The lowest BCUT2D eigenvalue weighted by Gasteiger charge is -2.16. The van der Waals surface area contributed by atoms with Crippen LogP contribution in [0.2, 0.25) is 0 Å². The van der Waals surface area contributed by atoms with Crippen molar-refractivity contribution in [2.75, 3.05) is 25.2 Å². The van der Waals surface area contributed by atoms with Gasteiger partial charge >= 0.3 is 0 Å². The zero-order valence-electron chi connectivity index (χ0n) is 16.5. The van der Waals surface area contributed by atoms with Gasteiger partial charge in [0, 0.05) is 7.05 Å². The van der Waals surface area contributed by atoms with Crippen LogP contribution in [0.5, 0.6) is 11.5 Å². The summed E-state index contributed by atoms with van der Waals surface area (Å²) in [7, 11) is 1.78. The lowest BCUT2D eigenvalue weighted by molar-refractivity contribution is -0.114. The van der Waals surface area contributed by atoms with Crippen LogP contribution in [0.1, 0.15) is 12.5 Å². The van der Waals surface area contributed by atoms with E-state index < -0.39 is 0 Å². The predicted molar refractivity (Wildman–Crippen MR) is 131 cm³/mol. The van der Waals surface area contributed by atoms with Crippen molar-refractivity contribution in [1.29, 1.82) is 0 Å². The quantitative estimate of drug-likeness (QED) is 0.248. The molecule has 2 aromatic carbocycles. The van der Waals surface area contributed by atoms with Crippen LogP contribution < -0.4 is 14.4 Å². The molecule has 1 saturated heterocycles. The fourth-order valence-corrected chi connectivity index (χ4v) is 4.68. The molecule has 1 heterocycles. The van der Waals surface area contributed by atoms with E-state index in [4.69, 9.17) is 21.7 Å². The predicted octanol–water partition coefficient (Wildman–Crippen LogP) is 5.78. The average Bonchev–Trinajstić information content (AvgIpc) is 2.92. The Labute approximate surface area is 198 Å². The molecule has 1 aliphatic rings. The third kappa shape index (κ3) is 4.61. The van der Waals surface area contributed by atoms with Gasteiger partial charge in [0.1, 0.15) is 23.8 Å². The molecule has 156 valence electrons. The number of hydrogen-bond acceptors (Lipinski definition) is 4. The molecule has 0 spiro atoms. The molecule has 0 atom stereocenters. The summed E-state index contributed by atoms with van der Waals surface area (Å²) in [6.07, 6.45) is 3.48. The van der Waals surface area contributed by atoms with Crippen molar-refractivity contribution in [3.63, 3.8) is 0 Å². The number of amides is 1. The molecular weight excluding hydrogens is 532 g/mol. The Morgan fingerprint density at radius 2 is 1.77 bits per heavy atom. The van der Waals surface area contributed by atoms with Crippen LogP contribution in [-0.2, 0) is 4.79 Å². The second-order valence-electron chi connectivity index (χ2n) is 6.35. The Morgan fingerprint density at radius 1 is 1.13 bits per heavy atom. The molecule has 1 amide bonds. The van der Waals surface area contributed by atoms with Crippen molar-refractivity contribution < 1.29 is 14.3 Å². The third-order valence-electron chi connectivity index (χ3n) is 4.34. The minimum Gasteiger partial charge on any atom is -0.494 e. The van der Waals surface area contributed by atoms with E-state index in [0.29, 0.717) is 35.5 Å². The number of thiocarbonyl (C=S) groups is 1. The molecule has 0 saturated carbocycles. The first-order valence-corrected chi connectivity index (χ1v) is 11.2. The van der Waals surface area contributed by atoms with Gasteiger partial charge < -0.3 is 14.4 Å². The number of carbonyl (C=O) groups is 1. The molecule has 5 nitrogen and oxygen atoms in total. The SMILES string of the molecule is C=CCOc1c(Br)cc(/C=C2/C(=O)N(c3ccc(OCC)cc3)C(=S)N2C)cc1Br. The van der Waals surface area contributed by atoms with Crippen molar-refractivity contribution >= 4 is 66.9 Å². The summed E-state index contributed by atoms with van der Waals surface area (Å²) in [6, 6.07) is 11.1. The van der Waals surface area contributed by atoms with E-state index in [1.165, 1.54) is 4.90 Å². The summed E-state index contributed by atoms with van der Waals surface area (Å²) < 4.78 is 12.7. The number of benzene rings is 2. The summed E-state index contributed by atoms with van der Waals surface area (Å²) in [5, 5.41) is 0.416. The standard InChI is InChI=1S/C22H20Br2N2O3S/c1-4-10-29-20-17(23)11-14(12-18(20)24)13-19-21(27)26(22(30)25(19)3)15-6-8-16(9-7-15)28-5-2/h4,6-9,11-13H,1,5,10H2,2-3H3/b19-13-. The van der Waals surface area contributed by atoms with Gasteiger partial charge in [0.05, 0.1) is 21.2 Å². The fourth-order valence-electron chi connectivity index (χ4n) is 2.94. The molecule has 1 fully saturated rings. The molecule has 2 aromatic rings. The lowest BCUT2D eigenvalue weighted by atomic mass is 10.1. The molecule has 0 aliphatic carbocycles. The summed E-state index contributed by atoms with van der Waals surface area (Å²) in [5.41, 5.74) is 2.00. The maximum absolute atomic E-state index is 13.2. The summed E-state index contributed by atoms with van der Waals surface area (Å²) in [4.78, 5) is 16.4. The lowest BCUT2D eigenvalue weighted by Crippen LogP contribution is -2.31. The highest BCUT2D eigenvalue weighted by Gasteiger charge is 2.36. The number of hydrogen-bond donors (Lipinski definition) is 0. The van der Waals surface area contributed by atoms with Crippen LogP contribution in [0.25, 0.3) is 6.08 Å². The zero-order valence-corrected chi connectivity index (χ0v) is 20.5. The highest BCUT2D eigenvalue weighted by Crippen LogP contribution is 2.36. The maximum Gasteiger partial charge on any atom is 0.281 e. The van der Waals surface area contributed by atoms with Crippen LogP contribution in [-0.4, -0.2) is 36.2 Å². The first-order valence-electron chi connectivity index (χ1n) is 9.16. The van der Waals surface area contributed by atoms with Gasteiger partial charge in [-0.3, -0.25) is 9.69 Å². The van der Waals surface area contributed by atoms with Crippen LogP contribution in [0.15, 0.2) is 63.7 Å². The van der Waals surface area contributed by atoms with Gasteiger partial charge in [0.15, 0.2) is 5.11 Å². The van der Waals surface area contributed by atoms with E-state index in [2.05, 4.69) is 38.4 Å². The Hall–Kier alpha value is -2.16. The van der Waals surface area contributed by atoms with Gasteiger partial charge in [-0.05, 0) is 99.0 Å². The molecule has 1 aliphatic heterocycles. The topological polar surface area (TPSA) is 42.0 Å². The van der Waals surface area contributed by atoms with E-state index in [9.17, 15) is 4.79 Å². The van der Waals surface area contributed by atoms with Gasteiger partial charge in [-0.15, -0.1) is 0 Å². The molecular formula is C22H20Br2N2O3S. The van der Waals surface area contributed by atoms with Gasteiger partial charge in [-0.2, -0.15) is 0 Å². The highest BCUT2D eigenvalue weighted by molar-refractivity contribution is 9.11. The Balaban J connectivity index is 1.91. The Kier molecular flexibility index (Phi) is 7.33. The van der Waals surface area contributed by atoms with Gasteiger partial charge in [0.25, 0.3) is 5.91 Å². The second-order valence-corrected chi connectivity index (χ2v) is 8.43. The Morgan fingerprint density at radius 3 is 2.33 bits per heavy atom. The van der Waals surface area contributed by atoms with Crippen LogP contribution in [0, 0.1) is 0 Å². The molecule has 8 heteroatoms. The summed E-state index contributed by atoms with van der Waals surface area (Å²) in [6.45, 7) is 6.56. The minimum atomic E-state index is -0.189. The molecule has 0 radical (unpaired) electrons. The number of likely N-dealkylation sites (N-methyl/N-ethyl adjacent to an activating group) is 1. The minimum absolute atomic E-state index is 0.189. The number of ether oxygens (including phenoxy) is 2. The number of nitrogens with zero attached hydrogens (tertiary/aromatic N) is 2. The smallest absolute Gasteiger partial charge is 0.281 e. The first-order chi connectivity index (χ1) is 14.4. The van der Waals surface area contributed by atoms with Crippen LogP contribution in [0.3, 0.4) is 0 Å². The second kappa shape index (κ2) is 9.76. The maximum atomic E-state index is 13.2. The number of anilines is 1. The first kappa shape index (κ1) is 22.5. The number of rotatable bonds is 7. The molecule has 3 rings (SSSR count). The van der Waals surface area contributed by atoms with E-state index in [0.717, 1.165) is 20.3 Å². The van der Waals surface area contributed by atoms with Gasteiger partial charge in [0.2, 0.25) is 0 Å². The third-order valence-corrected chi connectivity index (χ3v) is 5.97. The van der Waals surface area contributed by atoms with Crippen molar-refractivity contribution in [3.05, 3.63) is 69.3 Å². The Bertz CT molecular complexity index is 999. The van der Waals surface area contributed by atoms with Crippen molar-refractivity contribution in [2.45, 2.75) is 6.92 Å². The summed E-state index contributed by atoms with van der Waals surface area (Å²) >= 11 is 12.6. The number of halogens is 2. The largest absolute Gasteiger partial charge is 0.494 e. The van der Waals surface area contributed by atoms with Crippen molar-refractivity contribution in [1.82, 2.24) is 4.90 Å². The fraction of sp³-hybridized carbons (Fsp3) is 0.182. The highest BCUT2D eigenvalue weighted by atomic mass is 79.9. The van der Waals surface area contributed by atoms with E-state index in [1.54, 1.807) is 24.1 Å². The van der Waals surface area contributed by atoms with Gasteiger partial charge in [-0.25, -0.2) is 0 Å². The molecule has 0 bridgehead atoms. The van der Waals surface area contributed by atoms with E-state index >= 15 is 0 Å². The molecule has 30 heavy (non-hydrogen) atoms. The van der Waals surface area contributed by atoms with Gasteiger partial charge in [-0.1, -0.05) is 12.7 Å². The monoisotopic (exact) mass is 550 g/mol. The van der Waals surface area contributed by atoms with Crippen LogP contribution in [0.4, 0.5) is 5.69 Å². The zero-order chi connectivity index (χ0) is 21.8. The average molecular weight is 552 g/mol.